The first-order valence-electron chi connectivity index (χ1n) is 12.3. The molecule has 7 heteroatoms. The van der Waals surface area contributed by atoms with Crippen LogP contribution in [0.15, 0.2) is 72.8 Å². The first-order chi connectivity index (χ1) is 17.5. The van der Waals surface area contributed by atoms with E-state index in [4.69, 9.17) is 11.6 Å². The molecule has 0 bridgehead atoms. The van der Waals surface area contributed by atoms with Crippen LogP contribution in [0.1, 0.15) is 39.8 Å². The van der Waals surface area contributed by atoms with Crippen LogP contribution in [0.2, 0.25) is 5.02 Å². The quantitative estimate of drug-likeness (QED) is 0.414. The predicted molar refractivity (Wildman–Crippen MR) is 142 cm³/mol. The lowest BCUT2D eigenvalue weighted by Crippen LogP contribution is -2.51. The van der Waals surface area contributed by atoms with E-state index in [2.05, 4.69) is 40.0 Å². The van der Waals surface area contributed by atoms with Crippen LogP contribution in [-0.2, 0) is 24.3 Å². The number of amides is 2. The van der Waals surface area contributed by atoms with Gasteiger partial charge >= 0.3 is 0 Å². The number of aryl methyl sites for hydroxylation is 1. The Morgan fingerprint density at radius 3 is 2.64 bits per heavy atom. The van der Waals surface area contributed by atoms with Gasteiger partial charge in [-0.25, -0.2) is 0 Å². The Balaban J connectivity index is 1.33. The maximum atomic E-state index is 13.5. The summed E-state index contributed by atoms with van der Waals surface area (Å²) in [4.78, 5) is 30.5. The van der Waals surface area contributed by atoms with Crippen molar-refractivity contribution in [2.24, 2.45) is 0 Å². The smallest absolute Gasteiger partial charge is 0.257 e. The number of benzene rings is 3. The Morgan fingerprint density at radius 2 is 1.78 bits per heavy atom. The van der Waals surface area contributed by atoms with Gasteiger partial charge in [0.05, 0.1) is 16.9 Å². The fourth-order valence-corrected chi connectivity index (χ4v) is 5.89. The molecular weight excluding hydrogens is 472 g/mol. The lowest BCUT2D eigenvalue weighted by atomic mass is 9.96. The van der Waals surface area contributed by atoms with E-state index >= 15 is 0 Å². The van der Waals surface area contributed by atoms with Crippen molar-refractivity contribution in [2.75, 3.05) is 18.5 Å². The molecule has 6 nitrogen and oxygen atoms in total. The second-order valence-electron chi connectivity index (χ2n) is 9.40. The highest BCUT2D eigenvalue weighted by atomic mass is 35.5. The maximum Gasteiger partial charge on any atom is 0.257 e. The molecule has 2 aliphatic rings. The molecule has 6 rings (SSSR count). The number of hydrogen-bond acceptors (Lipinski definition) is 3. The molecule has 1 N–H and O–H groups in total. The minimum atomic E-state index is -0.213. The summed E-state index contributed by atoms with van der Waals surface area (Å²) in [7, 11) is 2.05. The normalized spacial score (nSPS) is 16.5. The molecule has 4 aromatic rings. The van der Waals surface area contributed by atoms with Crippen LogP contribution in [0.3, 0.4) is 0 Å². The van der Waals surface area contributed by atoms with E-state index in [1.54, 1.807) is 0 Å². The van der Waals surface area contributed by atoms with Crippen molar-refractivity contribution in [3.05, 3.63) is 100 Å². The summed E-state index contributed by atoms with van der Waals surface area (Å²) in [6.07, 6.45) is 0.908. The van der Waals surface area contributed by atoms with Crippen LogP contribution in [0.25, 0.3) is 10.9 Å². The SMILES string of the molecule is CN1c2ccccc2C(=O)N2CCc3c(n(CCC(=O)NCc4ccccc4Cl)c4ccccc34)[C@@H]21. The molecule has 1 aromatic heterocycles. The monoisotopic (exact) mass is 498 g/mol. The molecule has 0 saturated carbocycles. The molecule has 182 valence electrons. The number of anilines is 1. The average molecular weight is 499 g/mol. The second-order valence-corrected chi connectivity index (χ2v) is 9.81. The van der Waals surface area contributed by atoms with Gasteiger partial charge in [-0.3, -0.25) is 9.59 Å². The molecule has 0 radical (unpaired) electrons. The van der Waals surface area contributed by atoms with Crippen LogP contribution >= 0.6 is 11.6 Å². The predicted octanol–water partition coefficient (Wildman–Crippen LogP) is 5.15. The number of carbonyl (C=O) groups is 2. The molecule has 3 heterocycles. The molecule has 1 atom stereocenters. The molecule has 0 aliphatic carbocycles. The average Bonchev–Trinajstić information content (AvgIpc) is 3.23. The Kier molecular flexibility index (Phi) is 5.69. The minimum absolute atomic E-state index is 0.0347. The zero-order valence-electron chi connectivity index (χ0n) is 20.1. The Bertz CT molecular complexity index is 1490. The van der Waals surface area contributed by atoms with Crippen molar-refractivity contribution >= 4 is 40.0 Å². The van der Waals surface area contributed by atoms with E-state index in [-0.39, 0.29) is 18.0 Å². The Hall–Kier alpha value is -3.77. The highest BCUT2D eigenvalue weighted by Crippen LogP contribution is 2.44. The van der Waals surface area contributed by atoms with E-state index in [0.717, 1.165) is 34.4 Å². The van der Waals surface area contributed by atoms with Crippen molar-refractivity contribution in [1.29, 1.82) is 0 Å². The van der Waals surface area contributed by atoms with Gasteiger partial charge in [0.1, 0.15) is 6.17 Å². The van der Waals surface area contributed by atoms with Crippen LogP contribution in [0, 0.1) is 0 Å². The molecule has 3 aromatic carbocycles. The third-order valence-electron chi connectivity index (χ3n) is 7.40. The van der Waals surface area contributed by atoms with E-state index in [0.29, 0.717) is 31.1 Å². The lowest BCUT2D eigenvalue weighted by Gasteiger charge is -2.46. The van der Waals surface area contributed by atoms with E-state index in [1.807, 2.05) is 59.5 Å². The number of nitrogens with zero attached hydrogens (tertiary/aromatic N) is 3. The van der Waals surface area contributed by atoms with Crippen molar-refractivity contribution in [1.82, 2.24) is 14.8 Å². The number of carbonyl (C=O) groups excluding carboxylic acids is 2. The molecule has 0 spiro atoms. The van der Waals surface area contributed by atoms with Crippen LogP contribution in [0.5, 0.6) is 0 Å². The molecule has 0 unspecified atom stereocenters. The summed E-state index contributed by atoms with van der Waals surface area (Å²) in [6, 6.07) is 23.7. The molecule has 0 fully saturated rings. The molecule has 2 aliphatic heterocycles. The van der Waals surface area contributed by atoms with Gasteiger partial charge in [0, 0.05) is 49.0 Å². The van der Waals surface area contributed by atoms with Gasteiger partial charge in [0.15, 0.2) is 0 Å². The molecule has 2 amide bonds. The van der Waals surface area contributed by atoms with Crippen molar-refractivity contribution in [2.45, 2.75) is 32.1 Å². The summed E-state index contributed by atoms with van der Waals surface area (Å²) >= 11 is 6.24. The number of para-hydroxylation sites is 2. The van der Waals surface area contributed by atoms with Crippen LogP contribution < -0.4 is 10.2 Å². The van der Waals surface area contributed by atoms with Gasteiger partial charge in [0.25, 0.3) is 5.91 Å². The van der Waals surface area contributed by atoms with Gasteiger partial charge in [-0.15, -0.1) is 0 Å². The van der Waals surface area contributed by atoms with Gasteiger partial charge in [-0.2, -0.15) is 0 Å². The summed E-state index contributed by atoms with van der Waals surface area (Å²) < 4.78 is 2.24. The first kappa shape index (κ1) is 22.7. The molecular formula is C29H27ClN4O2. The standard InChI is InChI=1S/C29H27ClN4O2/c1-32-24-12-6-4-10-22(24)29(36)34-16-14-21-20-9-3-7-13-25(20)33(27(21)28(32)34)17-15-26(35)31-18-19-8-2-5-11-23(19)30/h2-13,28H,14-18H2,1H3,(H,31,35)/t28-/m1/s1. The summed E-state index contributed by atoms with van der Waals surface area (Å²) in [5, 5.41) is 4.85. The number of rotatable bonds is 5. The number of hydrogen-bond donors (Lipinski definition) is 1. The maximum absolute atomic E-state index is 13.5. The van der Waals surface area contributed by atoms with Gasteiger partial charge < -0.3 is 19.7 Å². The number of nitrogens with one attached hydrogen (secondary N) is 1. The Labute approximate surface area is 215 Å². The fraction of sp³-hybridized carbons (Fsp3) is 0.241. The topological polar surface area (TPSA) is 57.6 Å². The van der Waals surface area contributed by atoms with Gasteiger partial charge in [-0.1, -0.05) is 60.1 Å². The number of aromatic nitrogens is 1. The third-order valence-corrected chi connectivity index (χ3v) is 7.77. The van der Waals surface area contributed by atoms with E-state index < -0.39 is 0 Å². The van der Waals surface area contributed by atoms with E-state index in [9.17, 15) is 9.59 Å². The second kappa shape index (κ2) is 9.03. The highest BCUT2D eigenvalue weighted by Gasteiger charge is 2.42. The number of halogens is 1. The van der Waals surface area contributed by atoms with Crippen molar-refractivity contribution in [3.63, 3.8) is 0 Å². The minimum Gasteiger partial charge on any atom is -0.352 e. The van der Waals surface area contributed by atoms with Crippen LogP contribution in [-0.4, -0.2) is 34.9 Å². The largest absolute Gasteiger partial charge is 0.352 e. The molecule has 0 saturated heterocycles. The first-order valence-corrected chi connectivity index (χ1v) is 12.7. The van der Waals surface area contributed by atoms with E-state index in [1.165, 1.54) is 10.9 Å². The van der Waals surface area contributed by atoms with Crippen LogP contribution in [0.4, 0.5) is 5.69 Å². The highest BCUT2D eigenvalue weighted by molar-refractivity contribution is 6.31. The summed E-state index contributed by atoms with van der Waals surface area (Å²) in [5.74, 6) is 0.0289. The third kappa shape index (κ3) is 3.64. The zero-order chi connectivity index (χ0) is 24.8. The zero-order valence-corrected chi connectivity index (χ0v) is 20.8. The summed E-state index contributed by atoms with van der Waals surface area (Å²) in [5.41, 5.74) is 6.04. The fourth-order valence-electron chi connectivity index (χ4n) is 5.69. The molecule has 36 heavy (non-hydrogen) atoms. The lowest BCUT2D eigenvalue weighted by molar-refractivity contribution is -0.121. The van der Waals surface area contributed by atoms with Crippen molar-refractivity contribution < 1.29 is 9.59 Å². The summed E-state index contributed by atoms with van der Waals surface area (Å²) in [6.45, 7) is 1.59. The number of fused-ring (bicyclic) bond motifs is 6. The van der Waals surface area contributed by atoms with Crippen molar-refractivity contribution in [3.8, 4) is 0 Å². The van der Waals surface area contributed by atoms with Gasteiger partial charge in [0.2, 0.25) is 5.91 Å². The Morgan fingerprint density at radius 1 is 1.03 bits per heavy atom. The van der Waals surface area contributed by atoms with Gasteiger partial charge in [-0.05, 0) is 41.8 Å².